The van der Waals surface area contributed by atoms with Crippen LogP contribution in [-0.2, 0) is 11.3 Å². The number of amides is 1. The first-order valence-corrected chi connectivity index (χ1v) is 6.58. The summed E-state index contributed by atoms with van der Waals surface area (Å²) in [4.78, 5) is 15.5. The van der Waals surface area contributed by atoms with Crippen LogP contribution >= 0.6 is 24.0 Å². The highest BCUT2D eigenvalue weighted by molar-refractivity contribution is 14.0. The van der Waals surface area contributed by atoms with Gasteiger partial charge < -0.3 is 20.5 Å². The summed E-state index contributed by atoms with van der Waals surface area (Å²) in [5.74, 6) is 0.619. The lowest BCUT2D eigenvalue weighted by molar-refractivity contribution is -0.120. The molecule has 1 rings (SSSR count). The molecule has 20 heavy (non-hydrogen) atoms. The molecule has 1 aromatic heterocycles. The molecule has 0 aliphatic carbocycles. The van der Waals surface area contributed by atoms with Gasteiger partial charge in [0.25, 0.3) is 0 Å². The van der Waals surface area contributed by atoms with E-state index in [1.54, 1.807) is 7.05 Å². The molecule has 1 amide bonds. The Morgan fingerprint density at radius 2 is 1.85 bits per heavy atom. The minimum Gasteiger partial charge on any atom is -0.355 e. The van der Waals surface area contributed by atoms with Gasteiger partial charge in [-0.05, 0) is 18.6 Å². The molecule has 1 heterocycles. The lowest BCUT2D eigenvalue weighted by atomic mass is 10.4. The number of guanidine groups is 1. The van der Waals surface area contributed by atoms with Gasteiger partial charge in [0, 0.05) is 39.1 Å². The van der Waals surface area contributed by atoms with Gasteiger partial charge in [0.15, 0.2) is 5.96 Å². The van der Waals surface area contributed by atoms with Crippen molar-refractivity contribution in [2.45, 2.75) is 19.9 Å². The van der Waals surface area contributed by atoms with Crippen LogP contribution in [-0.4, -0.2) is 43.1 Å². The number of nitrogens with one attached hydrogen (secondary N) is 3. The number of hydrogen-bond donors (Lipinski definition) is 3. The summed E-state index contributed by atoms with van der Waals surface area (Å²) in [7, 11) is 1.69. The van der Waals surface area contributed by atoms with E-state index in [2.05, 4.69) is 25.5 Å². The monoisotopic (exact) mass is 393 g/mol. The first-order chi connectivity index (χ1) is 9.26. The van der Waals surface area contributed by atoms with Gasteiger partial charge in [0.1, 0.15) is 0 Å². The van der Waals surface area contributed by atoms with E-state index in [1.165, 1.54) is 0 Å². The molecule has 0 atom stereocenters. The zero-order valence-electron chi connectivity index (χ0n) is 12.1. The van der Waals surface area contributed by atoms with E-state index in [1.807, 2.05) is 31.5 Å². The average molecular weight is 393 g/mol. The Labute approximate surface area is 137 Å². The predicted octanol–water partition coefficient (Wildman–Crippen LogP) is 0.797. The van der Waals surface area contributed by atoms with Crippen LogP contribution in [0.4, 0.5) is 0 Å². The third-order valence-corrected chi connectivity index (χ3v) is 2.54. The summed E-state index contributed by atoms with van der Waals surface area (Å²) in [6.07, 6.45) is 4.96. The van der Waals surface area contributed by atoms with Crippen molar-refractivity contribution in [2.75, 3.05) is 26.7 Å². The third kappa shape index (κ3) is 8.03. The van der Waals surface area contributed by atoms with Gasteiger partial charge in [0.2, 0.25) is 5.91 Å². The molecule has 0 aromatic carbocycles. The Bertz CT molecular complexity index is 391. The molecule has 3 N–H and O–H groups in total. The highest BCUT2D eigenvalue weighted by Crippen LogP contribution is 1.87. The zero-order chi connectivity index (χ0) is 13.9. The fourth-order valence-corrected chi connectivity index (χ4v) is 1.53. The lowest BCUT2D eigenvalue weighted by Crippen LogP contribution is -2.44. The molecule has 0 fully saturated rings. The predicted molar refractivity (Wildman–Crippen MR) is 92.5 cm³/mol. The molecule has 1 aromatic rings. The maximum Gasteiger partial charge on any atom is 0.239 e. The normalized spacial score (nSPS) is 10.6. The number of hydrogen-bond acceptors (Lipinski definition) is 2. The van der Waals surface area contributed by atoms with Crippen molar-refractivity contribution >= 4 is 35.8 Å². The Morgan fingerprint density at radius 3 is 2.45 bits per heavy atom. The summed E-state index contributed by atoms with van der Waals surface area (Å²) in [5.41, 5.74) is 0. The molecule has 7 heteroatoms. The summed E-state index contributed by atoms with van der Waals surface area (Å²) < 4.78 is 2.08. The minimum atomic E-state index is -0.0183. The molecule has 0 aliphatic heterocycles. The summed E-state index contributed by atoms with van der Waals surface area (Å²) in [6.45, 7) is 4.58. The van der Waals surface area contributed by atoms with Crippen molar-refractivity contribution in [2.24, 2.45) is 4.99 Å². The molecule has 6 nitrogen and oxygen atoms in total. The molecular weight excluding hydrogens is 369 g/mol. The highest BCUT2D eigenvalue weighted by atomic mass is 127. The third-order valence-electron chi connectivity index (χ3n) is 2.54. The Balaban J connectivity index is 0.00000361. The smallest absolute Gasteiger partial charge is 0.239 e. The van der Waals surface area contributed by atoms with Crippen molar-refractivity contribution < 1.29 is 4.79 Å². The SMILES string of the molecule is CCCNC(=O)CNC(=NC)NCCn1cccc1.I. The second-order valence-corrected chi connectivity index (χ2v) is 4.12. The lowest BCUT2D eigenvalue weighted by Gasteiger charge is -2.12. The largest absolute Gasteiger partial charge is 0.355 e. The van der Waals surface area contributed by atoms with Crippen LogP contribution in [0.1, 0.15) is 13.3 Å². The average Bonchev–Trinajstić information content (AvgIpc) is 2.93. The van der Waals surface area contributed by atoms with Crippen LogP contribution in [0.25, 0.3) is 0 Å². The van der Waals surface area contributed by atoms with Gasteiger partial charge in [-0.1, -0.05) is 6.92 Å². The maximum atomic E-state index is 11.4. The molecule has 0 unspecified atom stereocenters. The van der Waals surface area contributed by atoms with Crippen molar-refractivity contribution in [3.05, 3.63) is 24.5 Å². The molecule has 114 valence electrons. The summed E-state index contributed by atoms with van der Waals surface area (Å²) in [6, 6.07) is 3.98. The van der Waals surface area contributed by atoms with E-state index in [0.717, 1.165) is 19.5 Å². The number of aromatic nitrogens is 1. The quantitative estimate of drug-likeness (QED) is 0.365. The van der Waals surface area contributed by atoms with Gasteiger partial charge in [0.05, 0.1) is 6.54 Å². The van der Waals surface area contributed by atoms with E-state index in [0.29, 0.717) is 12.5 Å². The topological polar surface area (TPSA) is 70.4 Å². The number of nitrogens with zero attached hydrogens (tertiary/aromatic N) is 2. The molecule has 0 bridgehead atoms. The van der Waals surface area contributed by atoms with Crippen LogP contribution in [0, 0.1) is 0 Å². The summed E-state index contributed by atoms with van der Waals surface area (Å²) >= 11 is 0. The molecule has 0 radical (unpaired) electrons. The van der Waals surface area contributed by atoms with Crippen molar-refractivity contribution in [3.63, 3.8) is 0 Å². The molecule has 0 aliphatic rings. The summed E-state index contributed by atoms with van der Waals surface area (Å²) in [5, 5.41) is 8.93. The van der Waals surface area contributed by atoms with Gasteiger partial charge in [-0.3, -0.25) is 9.79 Å². The van der Waals surface area contributed by atoms with Crippen molar-refractivity contribution in [3.8, 4) is 0 Å². The Morgan fingerprint density at radius 1 is 1.15 bits per heavy atom. The number of aliphatic imine (C=N–C) groups is 1. The number of carbonyl (C=O) groups is 1. The second kappa shape index (κ2) is 11.6. The van der Waals surface area contributed by atoms with Crippen LogP contribution < -0.4 is 16.0 Å². The van der Waals surface area contributed by atoms with Gasteiger partial charge >= 0.3 is 0 Å². The highest BCUT2D eigenvalue weighted by Gasteiger charge is 2.02. The van der Waals surface area contributed by atoms with Gasteiger partial charge in [-0.15, -0.1) is 24.0 Å². The fraction of sp³-hybridized carbons (Fsp3) is 0.538. The zero-order valence-corrected chi connectivity index (χ0v) is 14.4. The van der Waals surface area contributed by atoms with E-state index >= 15 is 0 Å². The molecular formula is C13H24IN5O. The van der Waals surface area contributed by atoms with E-state index in [-0.39, 0.29) is 36.4 Å². The number of carbonyl (C=O) groups excluding carboxylic acids is 1. The molecule has 0 saturated heterocycles. The van der Waals surface area contributed by atoms with Crippen LogP contribution in [0.2, 0.25) is 0 Å². The van der Waals surface area contributed by atoms with Crippen LogP contribution in [0.3, 0.4) is 0 Å². The van der Waals surface area contributed by atoms with Crippen molar-refractivity contribution in [1.29, 1.82) is 0 Å². The molecule has 0 spiro atoms. The second-order valence-electron chi connectivity index (χ2n) is 4.12. The molecule has 0 saturated carbocycles. The number of rotatable bonds is 7. The number of halogens is 1. The van der Waals surface area contributed by atoms with Crippen molar-refractivity contribution in [1.82, 2.24) is 20.5 Å². The van der Waals surface area contributed by atoms with Gasteiger partial charge in [-0.25, -0.2) is 0 Å². The van der Waals surface area contributed by atoms with Crippen LogP contribution in [0.5, 0.6) is 0 Å². The first kappa shape index (κ1) is 18.8. The van der Waals surface area contributed by atoms with E-state index in [9.17, 15) is 4.79 Å². The first-order valence-electron chi connectivity index (χ1n) is 6.58. The minimum absolute atomic E-state index is 0. The van der Waals surface area contributed by atoms with Crippen LogP contribution in [0.15, 0.2) is 29.5 Å². The Kier molecular flexibility index (Phi) is 10.8. The maximum absolute atomic E-state index is 11.4. The standard InChI is InChI=1S/C13H23N5O.HI/c1-3-6-15-12(19)11-17-13(14-2)16-7-10-18-8-4-5-9-18;/h4-5,8-9H,3,6-7,10-11H2,1-2H3,(H,15,19)(H2,14,16,17);1H. The Hall–Kier alpha value is -1.25. The fourth-order valence-electron chi connectivity index (χ4n) is 1.53. The van der Waals surface area contributed by atoms with E-state index < -0.39 is 0 Å². The van der Waals surface area contributed by atoms with E-state index in [4.69, 9.17) is 0 Å². The van der Waals surface area contributed by atoms with Gasteiger partial charge in [-0.2, -0.15) is 0 Å².